The second-order valence-corrected chi connectivity index (χ2v) is 6.44. The standard InChI is InChI=1S/C17H16F3N5O.ClH/c18-17(19,20)13-12(10-22-25(13)11-6-2-1-3-7-11)14-23-15(24-26-14)16(21)8-4-5-9-16;/h1-3,6-7,10H,4-5,8-9,21H2;1H. The van der Waals surface area contributed by atoms with Gasteiger partial charge in [0.1, 0.15) is 0 Å². The average molecular weight is 400 g/mol. The SMILES string of the molecule is Cl.NC1(c2noc(-c3cnn(-c4ccccc4)c3C(F)(F)F)n2)CCCC1. The highest BCUT2D eigenvalue weighted by Gasteiger charge is 2.42. The van der Waals surface area contributed by atoms with Crippen LogP contribution in [-0.2, 0) is 11.7 Å². The second-order valence-electron chi connectivity index (χ2n) is 6.44. The molecule has 0 spiro atoms. The molecule has 3 aromatic rings. The lowest BCUT2D eigenvalue weighted by molar-refractivity contribution is -0.142. The molecule has 0 radical (unpaired) electrons. The van der Waals surface area contributed by atoms with Crippen LogP contribution in [0.15, 0.2) is 41.1 Å². The lowest BCUT2D eigenvalue weighted by atomic mass is 9.99. The number of benzene rings is 1. The van der Waals surface area contributed by atoms with Gasteiger partial charge in [0.2, 0.25) is 0 Å². The number of nitrogens with two attached hydrogens (primary N) is 1. The molecule has 0 saturated heterocycles. The summed E-state index contributed by atoms with van der Waals surface area (Å²) in [5, 5.41) is 7.73. The van der Waals surface area contributed by atoms with Crippen molar-refractivity contribution in [1.29, 1.82) is 0 Å². The van der Waals surface area contributed by atoms with E-state index in [1.807, 2.05) is 0 Å². The van der Waals surface area contributed by atoms with E-state index in [0.717, 1.165) is 23.7 Å². The maximum atomic E-state index is 13.7. The van der Waals surface area contributed by atoms with E-state index in [1.54, 1.807) is 30.3 Å². The van der Waals surface area contributed by atoms with E-state index in [4.69, 9.17) is 10.3 Å². The number of aromatic nitrogens is 4. The maximum Gasteiger partial charge on any atom is 0.434 e. The van der Waals surface area contributed by atoms with Crippen molar-refractivity contribution in [2.45, 2.75) is 37.4 Å². The molecule has 2 heterocycles. The third kappa shape index (κ3) is 3.44. The first kappa shape index (κ1) is 19.4. The fraction of sp³-hybridized carbons (Fsp3) is 0.353. The zero-order valence-corrected chi connectivity index (χ0v) is 14.9. The van der Waals surface area contributed by atoms with Gasteiger partial charge in [0.05, 0.1) is 23.0 Å². The third-order valence-corrected chi connectivity index (χ3v) is 4.64. The van der Waals surface area contributed by atoms with E-state index >= 15 is 0 Å². The van der Waals surface area contributed by atoms with E-state index < -0.39 is 17.4 Å². The van der Waals surface area contributed by atoms with Crippen LogP contribution in [0.3, 0.4) is 0 Å². The molecule has 1 fully saturated rings. The molecule has 1 aliphatic carbocycles. The molecule has 27 heavy (non-hydrogen) atoms. The van der Waals surface area contributed by atoms with Crippen LogP contribution in [0.2, 0.25) is 0 Å². The molecule has 1 saturated carbocycles. The van der Waals surface area contributed by atoms with E-state index in [1.165, 1.54) is 0 Å². The van der Waals surface area contributed by atoms with Gasteiger partial charge in [-0.05, 0) is 25.0 Å². The molecule has 0 unspecified atom stereocenters. The first-order valence-corrected chi connectivity index (χ1v) is 8.23. The lowest BCUT2D eigenvalue weighted by Crippen LogP contribution is -2.34. The zero-order valence-electron chi connectivity index (χ0n) is 14.1. The summed E-state index contributed by atoms with van der Waals surface area (Å²) in [6.07, 6.45) is -0.335. The fourth-order valence-electron chi connectivity index (χ4n) is 3.31. The zero-order chi connectivity index (χ0) is 18.4. The number of hydrogen-bond donors (Lipinski definition) is 1. The molecule has 1 aliphatic rings. The average Bonchev–Trinajstić information content (AvgIpc) is 3.33. The van der Waals surface area contributed by atoms with Crippen molar-refractivity contribution >= 4 is 12.4 Å². The predicted molar refractivity (Wildman–Crippen MR) is 93.4 cm³/mol. The Hall–Kier alpha value is -2.39. The molecule has 0 atom stereocenters. The van der Waals surface area contributed by atoms with Crippen LogP contribution in [0.5, 0.6) is 0 Å². The number of para-hydroxylation sites is 1. The Morgan fingerprint density at radius 1 is 1.11 bits per heavy atom. The number of alkyl halides is 3. The van der Waals surface area contributed by atoms with Gasteiger partial charge in [0, 0.05) is 0 Å². The predicted octanol–water partition coefficient (Wildman–Crippen LogP) is 4.09. The van der Waals surface area contributed by atoms with Crippen molar-refractivity contribution in [2.24, 2.45) is 5.73 Å². The van der Waals surface area contributed by atoms with Crippen molar-refractivity contribution < 1.29 is 17.7 Å². The van der Waals surface area contributed by atoms with Crippen molar-refractivity contribution in [2.75, 3.05) is 0 Å². The number of rotatable bonds is 3. The van der Waals surface area contributed by atoms with Gasteiger partial charge in [-0.3, -0.25) is 0 Å². The minimum atomic E-state index is -4.65. The Kier molecular flexibility index (Phi) is 5.00. The Morgan fingerprint density at radius 3 is 2.41 bits per heavy atom. The van der Waals surface area contributed by atoms with Gasteiger partial charge in [-0.1, -0.05) is 36.2 Å². The smallest absolute Gasteiger partial charge is 0.334 e. The van der Waals surface area contributed by atoms with Gasteiger partial charge in [-0.2, -0.15) is 23.3 Å². The Bertz CT molecular complexity index is 916. The Morgan fingerprint density at radius 2 is 1.78 bits per heavy atom. The highest BCUT2D eigenvalue weighted by molar-refractivity contribution is 5.85. The first-order chi connectivity index (χ1) is 12.4. The van der Waals surface area contributed by atoms with Crippen molar-refractivity contribution in [3.8, 4) is 17.1 Å². The van der Waals surface area contributed by atoms with Crippen LogP contribution in [-0.4, -0.2) is 19.9 Å². The summed E-state index contributed by atoms with van der Waals surface area (Å²) in [7, 11) is 0. The summed E-state index contributed by atoms with van der Waals surface area (Å²) >= 11 is 0. The van der Waals surface area contributed by atoms with Gasteiger partial charge in [-0.15, -0.1) is 12.4 Å². The van der Waals surface area contributed by atoms with Crippen molar-refractivity contribution in [3.05, 3.63) is 48.0 Å². The Labute approximate surface area is 159 Å². The highest BCUT2D eigenvalue weighted by Crippen LogP contribution is 2.39. The molecule has 2 N–H and O–H groups in total. The summed E-state index contributed by atoms with van der Waals surface area (Å²) in [6, 6.07) is 8.07. The molecule has 0 aliphatic heterocycles. The summed E-state index contributed by atoms with van der Waals surface area (Å²) in [4.78, 5) is 4.16. The molecule has 144 valence electrons. The van der Waals surface area contributed by atoms with Crippen LogP contribution >= 0.6 is 12.4 Å². The van der Waals surface area contributed by atoms with Gasteiger partial charge in [0.25, 0.3) is 5.89 Å². The Balaban J connectivity index is 0.00000210. The molecule has 0 amide bonds. The third-order valence-electron chi connectivity index (χ3n) is 4.64. The number of halogens is 4. The highest BCUT2D eigenvalue weighted by atomic mass is 35.5. The summed E-state index contributed by atoms with van der Waals surface area (Å²) in [6.45, 7) is 0. The summed E-state index contributed by atoms with van der Waals surface area (Å²) in [5.41, 5.74) is 4.59. The van der Waals surface area contributed by atoms with Gasteiger partial charge < -0.3 is 10.3 Å². The van der Waals surface area contributed by atoms with Crippen LogP contribution in [0.1, 0.15) is 37.2 Å². The van der Waals surface area contributed by atoms with E-state index in [9.17, 15) is 13.2 Å². The molecular formula is C17H17ClF3N5O. The normalized spacial score (nSPS) is 16.3. The first-order valence-electron chi connectivity index (χ1n) is 8.23. The van der Waals surface area contributed by atoms with E-state index in [0.29, 0.717) is 12.8 Å². The number of hydrogen-bond acceptors (Lipinski definition) is 5. The topological polar surface area (TPSA) is 82.8 Å². The van der Waals surface area contributed by atoms with E-state index in [-0.39, 0.29) is 35.4 Å². The quantitative estimate of drug-likeness (QED) is 0.717. The van der Waals surface area contributed by atoms with Crippen molar-refractivity contribution in [3.63, 3.8) is 0 Å². The molecule has 10 heteroatoms. The molecule has 4 rings (SSSR count). The van der Waals surface area contributed by atoms with E-state index in [2.05, 4.69) is 15.2 Å². The minimum Gasteiger partial charge on any atom is -0.334 e. The number of nitrogens with zero attached hydrogens (tertiary/aromatic N) is 4. The van der Waals surface area contributed by atoms with Crippen LogP contribution in [0.25, 0.3) is 17.1 Å². The molecule has 1 aromatic carbocycles. The monoisotopic (exact) mass is 399 g/mol. The maximum absolute atomic E-state index is 13.7. The molecule has 6 nitrogen and oxygen atoms in total. The lowest BCUT2D eigenvalue weighted by Gasteiger charge is -2.17. The fourth-order valence-corrected chi connectivity index (χ4v) is 3.31. The summed E-state index contributed by atoms with van der Waals surface area (Å²) in [5.74, 6) is 0.0109. The largest absolute Gasteiger partial charge is 0.434 e. The van der Waals surface area contributed by atoms with Crippen LogP contribution in [0.4, 0.5) is 13.2 Å². The van der Waals surface area contributed by atoms with Crippen LogP contribution in [0, 0.1) is 0 Å². The molecular weight excluding hydrogens is 383 g/mol. The van der Waals surface area contributed by atoms with Crippen LogP contribution < -0.4 is 5.73 Å². The van der Waals surface area contributed by atoms with Gasteiger partial charge >= 0.3 is 6.18 Å². The van der Waals surface area contributed by atoms with Crippen molar-refractivity contribution in [1.82, 2.24) is 19.9 Å². The minimum absolute atomic E-state index is 0. The van der Waals surface area contributed by atoms with Gasteiger partial charge in [-0.25, -0.2) is 4.68 Å². The second kappa shape index (κ2) is 6.97. The molecule has 0 bridgehead atoms. The molecule has 2 aromatic heterocycles. The summed E-state index contributed by atoms with van der Waals surface area (Å²) < 4.78 is 47.1. The van der Waals surface area contributed by atoms with Gasteiger partial charge in [0.15, 0.2) is 11.5 Å².